The molecule has 0 radical (unpaired) electrons. The Morgan fingerprint density at radius 2 is 1.73 bits per heavy atom. The first-order valence-electron chi connectivity index (χ1n) is 8.16. The van der Waals surface area contributed by atoms with Crippen molar-refractivity contribution in [2.75, 3.05) is 11.9 Å². The van der Waals surface area contributed by atoms with Gasteiger partial charge in [0.2, 0.25) is 0 Å². The lowest BCUT2D eigenvalue weighted by atomic mass is 10.1. The van der Waals surface area contributed by atoms with E-state index in [1.807, 2.05) is 0 Å². The van der Waals surface area contributed by atoms with E-state index in [0.29, 0.717) is 12.1 Å². The molecule has 0 spiro atoms. The predicted molar refractivity (Wildman–Crippen MR) is 94.3 cm³/mol. The fourth-order valence-corrected chi connectivity index (χ4v) is 2.52. The minimum absolute atomic E-state index is 0.0102. The third-order valence-corrected chi connectivity index (χ3v) is 3.99. The van der Waals surface area contributed by atoms with E-state index in [1.165, 1.54) is 29.7 Å². The second-order valence-corrected chi connectivity index (χ2v) is 6.22. The summed E-state index contributed by atoms with van der Waals surface area (Å²) in [6.45, 7) is 0.654. The molecular weight excluding hydrogens is 442 g/mol. The Hall–Kier alpha value is -2.95. The number of benzene rings is 2. The SMILES string of the molecule is CCOC(=O)[C@@](NC(=O)c1cccc(Cl)c1)(Nc1ccc(F)c(F)c1F)C(F)(F)F. The minimum atomic E-state index is -5.61. The second-order valence-electron chi connectivity index (χ2n) is 5.78. The molecule has 2 N–H and O–H groups in total. The van der Waals surface area contributed by atoms with Crippen LogP contribution in [0.3, 0.4) is 0 Å². The quantitative estimate of drug-likeness (QED) is 0.293. The van der Waals surface area contributed by atoms with Crippen LogP contribution in [-0.2, 0) is 9.53 Å². The third-order valence-electron chi connectivity index (χ3n) is 3.75. The Morgan fingerprint density at radius 3 is 2.30 bits per heavy atom. The number of hydrogen-bond acceptors (Lipinski definition) is 4. The molecule has 2 rings (SSSR count). The Balaban J connectivity index is 2.60. The highest BCUT2D eigenvalue weighted by molar-refractivity contribution is 6.31. The predicted octanol–water partition coefficient (Wildman–Crippen LogP) is 4.42. The van der Waals surface area contributed by atoms with Crippen LogP contribution in [0.4, 0.5) is 32.0 Å². The first-order chi connectivity index (χ1) is 13.9. The average Bonchev–Trinajstić information content (AvgIpc) is 2.66. The normalized spacial score (nSPS) is 13.3. The van der Waals surface area contributed by atoms with Crippen molar-refractivity contribution < 1.29 is 40.7 Å². The molecule has 0 aliphatic rings. The zero-order chi connectivity index (χ0) is 22.7. The molecule has 0 saturated heterocycles. The summed E-state index contributed by atoms with van der Waals surface area (Å²) in [6.07, 6.45) is -5.61. The number of ether oxygens (including phenoxy) is 1. The number of halogens is 7. The number of anilines is 1. The Bertz CT molecular complexity index is 969. The number of alkyl halides is 3. The molecular formula is C18H13ClF6N2O3. The molecule has 0 unspecified atom stereocenters. The van der Waals surface area contributed by atoms with Gasteiger partial charge in [0, 0.05) is 10.6 Å². The number of carbonyl (C=O) groups excluding carboxylic acids is 2. The van der Waals surface area contributed by atoms with Crippen LogP contribution >= 0.6 is 11.6 Å². The van der Waals surface area contributed by atoms with E-state index in [4.69, 9.17) is 11.6 Å². The summed E-state index contributed by atoms with van der Waals surface area (Å²) >= 11 is 5.71. The first kappa shape index (κ1) is 23.3. The molecule has 2 aromatic rings. The zero-order valence-electron chi connectivity index (χ0n) is 15.0. The molecule has 2 aromatic carbocycles. The molecule has 162 valence electrons. The van der Waals surface area contributed by atoms with E-state index in [1.54, 1.807) is 0 Å². The summed E-state index contributed by atoms with van der Waals surface area (Å²) in [5, 5.41) is 2.85. The van der Waals surface area contributed by atoms with Crippen molar-refractivity contribution in [1.29, 1.82) is 0 Å². The fourth-order valence-electron chi connectivity index (χ4n) is 2.33. The molecule has 0 saturated carbocycles. The average molecular weight is 455 g/mol. The zero-order valence-corrected chi connectivity index (χ0v) is 15.8. The molecule has 30 heavy (non-hydrogen) atoms. The van der Waals surface area contributed by atoms with Crippen molar-refractivity contribution in [3.8, 4) is 0 Å². The van der Waals surface area contributed by atoms with Crippen LogP contribution in [-0.4, -0.2) is 30.3 Å². The van der Waals surface area contributed by atoms with Crippen molar-refractivity contribution in [1.82, 2.24) is 5.32 Å². The van der Waals surface area contributed by atoms with Crippen LogP contribution in [0.5, 0.6) is 0 Å². The maximum Gasteiger partial charge on any atom is 0.441 e. The van der Waals surface area contributed by atoms with Crippen LogP contribution in [0, 0.1) is 17.5 Å². The monoisotopic (exact) mass is 454 g/mol. The van der Waals surface area contributed by atoms with Gasteiger partial charge in [-0.3, -0.25) is 4.79 Å². The molecule has 12 heteroatoms. The van der Waals surface area contributed by atoms with Crippen LogP contribution in [0.2, 0.25) is 5.02 Å². The molecule has 0 fully saturated rings. The second kappa shape index (κ2) is 8.82. The van der Waals surface area contributed by atoms with Crippen LogP contribution in [0.25, 0.3) is 0 Å². The van der Waals surface area contributed by atoms with E-state index in [9.17, 15) is 35.9 Å². The van der Waals surface area contributed by atoms with Crippen molar-refractivity contribution >= 4 is 29.2 Å². The number of carbonyl (C=O) groups is 2. The largest absolute Gasteiger partial charge is 0.463 e. The van der Waals surface area contributed by atoms with Crippen LogP contribution in [0.1, 0.15) is 17.3 Å². The highest BCUT2D eigenvalue weighted by Gasteiger charge is 2.64. The molecule has 0 bridgehead atoms. The van der Waals surface area contributed by atoms with E-state index in [-0.39, 0.29) is 10.6 Å². The minimum Gasteiger partial charge on any atom is -0.463 e. The fraction of sp³-hybridized carbons (Fsp3) is 0.222. The maximum atomic E-state index is 14.0. The van der Waals surface area contributed by atoms with Gasteiger partial charge in [0.05, 0.1) is 12.3 Å². The smallest absolute Gasteiger partial charge is 0.441 e. The number of amides is 1. The van der Waals surface area contributed by atoms with E-state index in [2.05, 4.69) is 4.74 Å². The molecule has 1 amide bonds. The summed E-state index contributed by atoms with van der Waals surface area (Å²) in [5.41, 5.74) is -5.65. The topological polar surface area (TPSA) is 67.4 Å². The molecule has 0 heterocycles. The van der Waals surface area contributed by atoms with Crippen molar-refractivity contribution in [2.45, 2.75) is 18.8 Å². The third kappa shape index (κ3) is 4.61. The molecule has 1 atom stereocenters. The van der Waals surface area contributed by atoms with Gasteiger partial charge in [0.25, 0.3) is 5.91 Å². The highest BCUT2D eigenvalue weighted by Crippen LogP contribution is 2.35. The van der Waals surface area contributed by atoms with Crippen molar-refractivity contribution in [3.05, 3.63) is 64.4 Å². The number of esters is 1. The van der Waals surface area contributed by atoms with Gasteiger partial charge in [-0.2, -0.15) is 13.2 Å². The molecule has 0 aliphatic heterocycles. The number of nitrogens with one attached hydrogen (secondary N) is 2. The lowest BCUT2D eigenvalue weighted by molar-refractivity contribution is -0.204. The van der Waals surface area contributed by atoms with E-state index in [0.717, 1.165) is 12.1 Å². The van der Waals surface area contributed by atoms with Gasteiger partial charge in [0.1, 0.15) is 0 Å². The van der Waals surface area contributed by atoms with E-state index >= 15 is 0 Å². The van der Waals surface area contributed by atoms with Gasteiger partial charge >= 0.3 is 17.8 Å². The summed E-state index contributed by atoms with van der Waals surface area (Å²) in [4.78, 5) is 24.7. The highest BCUT2D eigenvalue weighted by atomic mass is 35.5. The van der Waals surface area contributed by atoms with Gasteiger partial charge in [-0.1, -0.05) is 17.7 Å². The van der Waals surface area contributed by atoms with Gasteiger partial charge < -0.3 is 15.4 Å². The summed E-state index contributed by atoms with van der Waals surface area (Å²) in [6, 6.07) is 5.49. The van der Waals surface area contributed by atoms with Crippen LogP contribution in [0.15, 0.2) is 36.4 Å². The summed E-state index contributed by atoms with van der Waals surface area (Å²) in [5.74, 6) is -9.28. The lowest BCUT2D eigenvalue weighted by Gasteiger charge is -2.35. The van der Waals surface area contributed by atoms with Gasteiger partial charge in [-0.25, -0.2) is 18.0 Å². The summed E-state index contributed by atoms with van der Waals surface area (Å²) in [7, 11) is 0. The molecule has 0 aliphatic carbocycles. The maximum absolute atomic E-state index is 14.0. The Kier molecular flexibility index (Phi) is 6.86. The first-order valence-corrected chi connectivity index (χ1v) is 8.54. The Morgan fingerprint density at radius 1 is 1.07 bits per heavy atom. The molecule has 5 nitrogen and oxygen atoms in total. The van der Waals surface area contributed by atoms with Gasteiger partial charge in [0.15, 0.2) is 17.5 Å². The van der Waals surface area contributed by atoms with Crippen molar-refractivity contribution in [2.24, 2.45) is 0 Å². The lowest BCUT2D eigenvalue weighted by Crippen LogP contribution is -2.69. The number of hydrogen-bond donors (Lipinski definition) is 2. The van der Waals surface area contributed by atoms with Gasteiger partial charge in [-0.15, -0.1) is 0 Å². The number of rotatable bonds is 6. The standard InChI is InChI=1S/C18H13ClF6N2O3/c1-2-30-16(29)17(18(23,24)25,26-12-7-6-11(20)13(21)14(12)22)27-15(28)9-4-3-5-10(19)8-9/h3-8,26H,2H2,1H3,(H,27,28)/t17-/m0/s1. The molecule has 0 aromatic heterocycles. The summed E-state index contributed by atoms with van der Waals surface area (Å²) < 4.78 is 87.1. The van der Waals surface area contributed by atoms with E-state index < -0.39 is 53.5 Å². The van der Waals surface area contributed by atoms with Crippen molar-refractivity contribution in [3.63, 3.8) is 0 Å². The van der Waals surface area contributed by atoms with Gasteiger partial charge in [-0.05, 0) is 37.3 Å². The Labute approximate surface area is 171 Å². The van der Waals surface area contributed by atoms with Crippen LogP contribution < -0.4 is 10.6 Å².